The average Bonchev–Trinajstić information content (AvgIpc) is 2.86. The third-order valence-corrected chi connectivity index (χ3v) is 4.82. The fourth-order valence-corrected chi connectivity index (χ4v) is 3.12. The normalized spacial score (nSPS) is 10.5. The molecule has 0 saturated carbocycles. The molecule has 0 saturated heterocycles. The van der Waals surface area contributed by atoms with Crippen LogP contribution in [-0.4, -0.2) is 14.8 Å². The van der Waals surface area contributed by atoms with Gasteiger partial charge in [0.05, 0.1) is 0 Å². The second-order valence-corrected chi connectivity index (χ2v) is 6.64. The van der Waals surface area contributed by atoms with Gasteiger partial charge in [-0.25, -0.2) is 0 Å². The summed E-state index contributed by atoms with van der Waals surface area (Å²) in [4.78, 5) is 12.4. The quantitative estimate of drug-likeness (QED) is 0.357. The molecule has 1 aromatic heterocycles. The summed E-state index contributed by atoms with van der Waals surface area (Å²) in [5.41, 5.74) is 1.32. The summed E-state index contributed by atoms with van der Waals surface area (Å²) in [6.07, 6.45) is 4.31. The molecule has 0 spiro atoms. The molecule has 1 heterocycles. The Balaban J connectivity index is 0.00000220. The monoisotopic (exact) mass is 541 g/mol. The van der Waals surface area contributed by atoms with Gasteiger partial charge in [0.15, 0.2) is 0 Å². The Morgan fingerprint density at radius 3 is 2.86 bits per heavy atom. The second-order valence-electron chi connectivity index (χ2n) is 4.21. The number of ketones is 1. The summed E-state index contributed by atoms with van der Waals surface area (Å²) in [5, 5.41) is 13.3. The van der Waals surface area contributed by atoms with Crippen molar-refractivity contribution in [2.24, 2.45) is 0 Å². The van der Waals surface area contributed by atoms with Crippen molar-refractivity contribution in [2.75, 3.05) is 0 Å². The molecular formula is C16H12O2SWY-2. The number of benzene rings is 1. The summed E-state index contributed by atoms with van der Waals surface area (Å²) in [6, 6.07) is 4.98. The summed E-state index contributed by atoms with van der Waals surface area (Å²) < 4.78 is 1.56. The smallest absolute Gasteiger partial charge is 0 e. The van der Waals surface area contributed by atoms with Crippen LogP contribution >= 0.6 is 11.3 Å². The zero-order chi connectivity index (χ0) is 14.7. The van der Waals surface area contributed by atoms with E-state index >= 15 is 0 Å². The molecule has 1 aromatic carbocycles. The zero-order valence-electron chi connectivity index (χ0n) is 11.4. The standard InChI is InChI=1S/C16H12O2S.W.Y/c1-3-11(2)5-4-6-15(18)14-10-19-16-9-12(17)7-8-13(14)16;;/h2,4-5,7-9,17H,3H2,1H3;;/q-2;;. The van der Waals surface area contributed by atoms with Crippen molar-refractivity contribution in [3.8, 4) is 5.75 Å². The number of hydrogen-bond donors (Lipinski definition) is 1. The van der Waals surface area contributed by atoms with E-state index in [2.05, 4.69) is 5.38 Å². The van der Waals surface area contributed by atoms with Gasteiger partial charge in [-0.2, -0.15) is 0 Å². The molecular weight excluding hydrogens is 529 g/mol. The predicted molar refractivity (Wildman–Crippen MR) is 78.9 cm³/mol. The number of allylic oxidation sites excluding steroid dienone is 3. The molecule has 0 bridgehead atoms. The van der Waals surface area contributed by atoms with Gasteiger partial charge >= 0.3 is 133 Å². The number of carbonyl (C=O) groups excluding carboxylic acids is 1. The number of carbonyl (C=O) groups is 1. The number of rotatable bonds is 5. The molecule has 2 aromatic rings. The summed E-state index contributed by atoms with van der Waals surface area (Å²) in [6.45, 7) is 7.70. The van der Waals surface area contributed by atoms with Crippen LogP contribution in [-0.2, 0) is 52.1 Å². The summed E-state index contributed by atoms with van der Waals surface area (Å²) >= 11 is 2.43. The van der Waals surface area contributed by atoms with E-state index in [-0.39, 0.29) is 44.2 Å². The average molecular weight is 541 g/mol. The third-order valence-electron chi connectivity index (χ3n) is 2.81. The van der Waals surface area contributed by atoms with Crippen molar-refractivity contribution in [3.63, 3.8) is 0 Å². The molecule has 0 atom stereocenters. The molecule has 0 fully saturated rings. The predicted octanol–water partition coefficient (Wildman–Crippen LogP) is 3.63. The summed E-state index contributed by atoms with van der Waals surface area (Å²) in [7, 11) is 0. The van der Waals surface area contributed by atoms with Crippen LogP contribution in [0.3, 0.4) is 0 Å². The number of phenols is 1. The molecule has 0 aliphatic heterocycles. The van der Waals surface area contributed by atoms with Gasteiger partial charge in [0.25, 0.3) is 0 Å². The molecule has 2 rings (SSSR count). The first-order valence-corrected chi connectivity index (χ1v) is 8.32. The van der Waals surface area contributed by atoms with Crippen molar-refractivity contribution in [1.82, 2.24) is 0 Å². The van der Waals surface area contributed by atoms with Gasteiger partial charge in [-0.1, -0.05) is 0 Å². The van der Waals surface area contributed by atoms with Gasteiger partial charge in [0.1, 0.15) is 0 Å². The van der Waals surface area contributed by atoms with E-state index in [1.807, 2.05) is 6.92 Å². The van der Waals surface area contributed by atoms with Crippen LogP contribution in [0, 0.1) is 12.0 Å². The first-order valence-electron chi connectivity index (χ1n) is 6.04. The molecule has 0 unspecified atom stereocenters. The topological polar surface area (TPSA) is 37.3 Å². The van der Waals surface area contributed by atoms with Crippen molar-refractivity contribution in [2.45, 2.75) is 13.3 Å². The van der Waals surface area contributed by atoms with E-state index in [1.165, 1.54) is 11.3 Å². The molecule has 0 aliphatic carbocycles. The molecule has 21 heavy (non-hydrogen) atoms. The minimum Gasteiger partial charge on any atom is 0 e. The Morgan fingerprint density at radius 2 is 2.19 bits per heavy atom. The van der Waals surface area contributed by atoms with Crippen LogP contribution in [0.2, 0.25) is 0 Å². The number of fused-ring (bicyclic) bond motifs is 1. The number of phenolic OH excluding ortho intramolecular Hbond substituents is 1. The summed E-state index contributed by atoms with van der Waals surface area (Å²) in [5.74, 6) is 0.167. The minimum atomic E-state index is -0.0305. The van der Waals surface area contributed by atoms with Gasteiger partial charge < -0.3 is 0 Å². The SMILES string of the molecule is [CH-]=C(C=C[C](=[W])C(=O)c1[c-]sc2cc(O)ccc12)CC.[Y]. The van der Waals surface area contributed by atoms with Crippen molar-refractivity contribution < 1.29 is 62.0 Å². The van der Waals surface area contributed by atoms with E-state index < -0.39 is 0 Å². The minimum absolute atomic E-state index is 0. The molecule has 0 aliphatic rings. The largest absolute Gasteiger partial charge is 0 e. The van der Waals surface area contributed by atoms with Crippen LogP contribution in [0.5, 0.6) is 5.75 Å². The van der Waals surface area contributed by atoms with Crippen LogP contribution in [0.1, 0.15) is 23.7 Å². The Bertz CT molecular complexity index is 731. The van der Waals surface area contributed by atoms with Crippen LogP contribution < -0.4 is 0 Å². The fourth-order valence-electron chi connectivity index (χ4n) is 1.63. The van der Waals surface area contributed by atoms with Crippen LogP contribution in [0.4, 0.5) is 0 Å². The molecule has 0 amide bonds. The number of aromatic hydroxyl groups is 1. The van der Waals surface area contributed by atoms with E-state index in [4.69, 9.17) is 6.58 Å². The van der Waals surface area contributed by atoms with Crippen LogP contribution in [0.15, 0.2) is 35.9 Å². The zero-order valence-corrected chi connectivity index (χ0v) is 18.0. The van der Waals surface area contributed by atoms with Gasteiger partial charge in [0, 0.05) is 32.7 Å². The van der Waals surface area contributed by atoms with Gasteiger partial charge in [-0.15, -0.1) is 0 Å². The third kappa shape index (κ3) is 4.63. The van der Waals surface area contributed by atoms with E-state index in [1.54, 1.807) is 30.4 Å². The molecule has 5 heteroatoms. The van der Waals surface area contributed by atoms with E-state index in [0.717, 1.165) is 41.4 Å². The maximum atomic E-state index is 12.4. The van der Waals surface area contributed by atoms with Gasteiger partial charge in [0.2, 0.25) is 0 Å². The van der Waals surface area contributed by atoms with Crippen molar-refractivity contribution >= 4 is 31.1 Å². The van der Waals surface area contributed by atoms with Crippen molar-refractivity contribution in [1.29, 1.82) is 0 Å². The maximum absolute atomic E-state index is 12.4. The number of Topliss-reactive ketones (excluding diaryl/α,β-unsaturated/α-hetero) is 1. The molecule has 2 nitrogen and oxygen atoms in total. The van der Waals surface area contributed by atoms with Crippen LogP contribution in [0.25, 0.3) is 10.1 Å². The molecule has 105 valence electrons. The second kappa shape index (κ2) is 8.43. The molecule has 1 N–H and O–H groups in total. The Kier molecular flexibility index (Phi) is 7.56. The Morgan fingerprint density at radius 1 is 1.48 bits per heavy atom. The van der Waals surface area contributed by atoms with E-state index in [9.17, 15) is 9.90 Å². The Hall–Kier alpha value is -0.208. The van der Waals surface area contributed by atoms with Crippen molar-refractivity contribution in [3.05, 3.63) is 53.4 Å². The fraction of sp³-hybridized carbons (Fsp3) is 0.125. The van der Waals surface area contributed by atoms with Gasteiger partial charge in [-0.05, 0) is 0 Å². The maximum Gasteiger partial charge on any atom is 0 e. The first kappa shape index (κ1) is 18.8. The Labute approximate surface area is 164 Å². The number of thiophene rings is 1. The van der Waals surface area contributed by atoms with Gasteiger partial charge in [-0.3, -0.25) is 0 Å². The number of hydrogen-bond acceptors (Lipinski definition) is 3. The molecule has 1 radical (unpaired) electrons. The van der Waals surface area contributed by atoms with E-state index in [0.29, 0.717) is 9.46 Å². The first-order chi connectivity index (χ1) is 9.52.